The lowest BCUT2D eigenvalue weighted by Gasteiger charge is -2.48. The molecule has 3 heterocycles. The molecular weight excluding hydrogens is 1300 g/mol. The zero-order chi connectivity index (χ0) is 73.9. The van der Waals surface area contributed by atoms with Gasteiger partial charge >= 0.3 is 0 Å². The summed E-state index contributed by atoms with van der Waals surface area (Å²) < 4.78 is 34.3. The molecule has 102 heavy (non-hydrogen) atoms. The third kappa shape index (κ3) is 41.3. The number of carbonyl (C=O) groups excluding carboxylic acids is 1. The quantitative estimate of drug-likeness (QED) is 0.0199. The highest BCUT2D eigenvalue weighted by molar-refractivity contribution is 5.76. The van der Waals surface area contributed by atoms with Crippen LogP contribution >= 0.6 is 0 Å². The second-order valence-electron chi connectivity index (χ2n) is 26.7. The van der Waals surface area contributed by atoms with Crippen molar-refractivity contribution in [2.45, 2.75) is 330 Å². The van der Waals surface area contributed by atoms with E-state index in [0.717, 1.165) is 135 Å². The Hall–Kier alpha value is -4.59. The number of hydrogen-bond donors (Lipinski definition) is 12. The van der Waals surface area contributed by atoms with Crippen LogP contribution in [-0.4, -0.2) is 193 Å². The van der Waals surface area contributed by atoms with Crippen LogP contribution < -0.4 is 5.32 Å². The van der Waals surface area contributed by atoms with Gasteiger partial charge in [0.05, 0.1) is 38.6 Å². The Bertz CT molecular complexity index is 2460. The Labute approximate surface area is 612 Å². The Morgan fingerprint density at radius 3 is 1.10 bits per heavy atom. The monoisotopic (exact) mass is 1430 g/mol. The topological polar surface area (TPSA) is 307 Å². The van der Waals surface area contributed by atoms with E-state index < -0.39 is 124 Å². The third-order valence-corrected chi connectivity index (χ3v) is 18.1. The zero-order valence-electron chi connectivity index (χ0n) is 61.8. The first-order valence-electron chi connectivity index (χ1n) is 38.7. The molecule has 0 aromatic rings. The third-order valence-electron chi connectivity index (χ3n) is 18.1. The van der Waals surface area contributed by atoms with E-state index >= 15 is 0 Å². The first-order chi connectivity index (χ1) is 49.8. The molecule has 3 rings (SSSR count). The molecule has 19 nitrogen and oxygen atoms in total. The molecule has 580 valence electrons. The number of rotatable bonds is 58. The molecule has 0 bridgehead atoms. The standard InChI is InChI=1S/C83H135NO18/c1-3-5-7-9-11-13-15-17-19-21-22-23-24-25-26-27-28-29-30-31-32-33-34-35-36-37-38-39-40-41-42-43-44-45-47-49-51-53-55-57-59-61-71(89)84-66(67(88)60-58-56-54-52-50-48-46-20-18-16-14-12-10-8-6-4-2)65-97-81-77(95)74(92)79(69(63-86)99-81)102-83-78(96)75(93)80(70(64-87)100-83)101-82-76(94)73(91)72(90)68(62-85)98-82/h5,7,11,13,17,19,22-23,25-26,28-29,31-32,34-35,37-38,40-41,43-44,50,52,58,60,66-70,72-83,85-88,90-96H,3-4,6,8-10,12,14-16,18,20-21,24,27,30,33,36,39,42,45-49,51,53-57,59,61-65H2,1-2H3,(H,84,89)/b7-5-,13-11-,19-17-,23-22-,26-25-,29-28-,32-31-,35-34-,38-37-,41-40-,44-43-,52-50+,60-58+. The molecule has 0 radical (unpaired) electrons. The number of amides is 1. The van der Waals surface area contributed by atoms with Crippen molar-refractivity contribution in [3.8, 4) is 0 Å². The van der Waals surface area contributed by atoms with E-state index in [1.807, 2.05) is 6.08 Å². The molecule has 17 atom stereocenters. The summed E-state index contributed by atoms with van der Waals surface area (Å²) in [6.45, 7) is 1.57. The van der Waals surface area contributed by atoms with Gasteiger partial charge in [0.25, 0.3) is 0 Å². The minimum absolute atomic E-state index is 0.212. The van der Waals surface area contributed by atoms with Gasteiger partial charge < -0.3 is 89.9 Å². The number of allylic oxidation sites excluding steroid dienone is 25. The van der Waals surface area contributed by atoms with Gasteiger partial charge in [-0.25, -0.2) is 0 Å². The molecule has 3 fully saturated rings. The highest BCUT2D eigenvalue weighted by Gasteiger charge is 2.53. The van der Waals surface area contributed by atoms with Crippen LogP contribution in [0, 0.1) is 0 Å². The molecule has 0 spiro atoms. The van der Waals surface area contributed by atoms with Gasteiger partial charge in [-0.2, -0.15) is 0 Å². The number of nitrogens with one attached hydrogen (secondary N) is 1. The van der Waals surface area contributed by atoms with Gasteiger partial charge in [-0.1, -0.05) is 262 Å². The van der Waals surface area contributed by atoms with E-state index in [1.54, 1.807) is 6.08 Å². The molecular formula is C83H135NO18. The number of ether oxygens (including phenoxy) is 6. The largest absolute Gasteiger partial charge is 0.394 e. The molecule has 3 saturated heterocycles. The smallest absolute Gasteiger partial charge is 0.220 e. The summed E-state index contributed by atoms with van der Waals surface area (Å²) in [6, 6.07) is -1.01. The summed E-state index contributed by atoms with van der Waals surface area (Å²) in [7, 11) is 0. The van der Waals surface area contributed by atoms with Crippen LogP contribution in [0.5, 0.6) is 0 Å². The number of aliphatic hydroxyl groups excluding tert-OH is 11. The number of unbranched alkanes of at least 4 members (excludes halogenated alkanes) is 18. The minimum Gasteiger partial charge on any atom is -0.394 e. The second-order valence-corrected chi connectivity index (χ2v) is 26.7. The Balaban J connectivity index is 1.35. The average Bonchev–Trinajstić information content (AvgIpc) is 0.755. The van der Waals surface area contributed by atoms with E-state index in [9.17, 15) is 61.0 Å². The van der Waals surface area contributed by atoms with Gasteiger partial charge in [-0.3, -0.25) is 4.79 Å². The van der Waals surface area contributed by atoms with Crippen molar-refractivity contribution in [2.24, 2.45) is 0 Å². The predicted octanol–water partition coefficient (Wildman–Crippen LogP) is 12.4. The summed E-state index contributed by atoms with van der Waals surface area (Å²) in [4.78, 5) is 13.4. The van der Waals surface area contributed by atoms with E-state index in [1.165, 1.54) is 57.8 Å². The first-order valence-corrected chi connectivity index (χ1v) is 38.7. The van der Waals surface area contributed by atoms with E-state index in [-0.39, 0.29) is 18.9 Å². The molecule has 17 unspecified atom stereocenters. The van der Waals surface area contributed by atoms with Crippen LogP contribution in [0.1, 0.15) is 226 Å². The summed E-state index contributed by atoms with van der Waals surface area (Å²) >= 11 is 0. The minimum atomic E-state index is -1.99. The molecule has 3 aliphatic rings. The fraction of sp³-hybridized carbons (Fsp3) is 0.675. The van der Waals surface area contributed by atoms with Gasteiger partial charge in [0, 0.05) is 6.42 Å². The number of hydrogen-bond acceptors (Lipinski definition) is 18. The SMILES string of the molecule is CC/C=C\C/C=C\C/C=C\C/C=C\C/C=C\C/C=C\C/C=C\C/C=C\C/C=C\C/C=C\C/C=C\CCCCCCCCCC(=O)NC(COC1OC(CO)C(OC2OC(CO)C(OC3OC(CO)C(O)C(O)C3O)C(O)C2O)C(O)C1O)C(O)/C=C/CC/C=C/CCCCCCCCCCCC. The van der Waals surface area contributed by atoms with Crippen molar-refractivity contribution in [2.75, 3.05) is 26.4 Å². The summed E-state index contributed by atoms with van der Waals surface area (Å²) in [5, 5.41) is 121. The average molecular weight is 1430 g/mol. The summed E-state index contributed by atoms with van der Waals surface area (Å²) in [6.07, 6.45) is 63.7. The summed E-state index contributed by atoms with van der Waals surface area (Å²) in [5.74, 6) is -0.303. The lowest BCUT2D eigenvalue weighted by atomic mass is 9.96. The maximum atomic E-state index is 13.4. The van der Waals surface area contributed by atoms with Crippen molar-refractivity contribution in [1.29, 1.82) is 0 Å². The predicted molar refractivity (Wildman–Crippen MR) is 405 cm³/mol. The molecule has 12 N–H and O–H groups in total. The Kier molecular flexibility index (Phi) is 55.3. The van der Waals surface area contributed by atoms with E-state index in [4.69, 9.17) is 28.4 Å². The number of carbonyl (C=O) groups is 1. The second kappa shape index (κ2) is 61.6. The van der Waals surface area contributed by atoms with Gasteiger partial charge in [0.15, 0.2) is 18.9 Å². The van der Waals surface area contributed by atoms with Crippen molar-refractivity contribution in [3.05, 3.63) is 158 Å². The normalized spacial score (nSPS) is 27.1. The van der Waals surface area contributed by atoms with Crippen LogP contribution in [0.2, 0.25) is 0 Å². The zero-order valence-corrected chi connectivity index (χ0v) is 61.8. The van der Waals surface area contributed by atoms with Crippen LogP contribution in [0.4, 0.5) is 0 Å². The fourth-order valence-electron chi connectivity index (χ4n) is 11.9. The van der Waals surface area contributed by atoms with Crippen LogP contribution in [0.3, 0.4) is 0 Å². The van der Waals surface area contributed by atoms with Gasteiger partial charge in [0.2, 0.25) is 5.91 Å². The van der Waals surface area contributed by atoms with Crippen molar-refractivity contribution >= 4 is 5.91 Å². The Morgan fingerprint density at radius 1 is 0.363 bits per heavy atom. The fourth-order valence-corrected chi connectivity index (χ4v) is 11.9. The maximum absolute atomic E-state index is 13.4. The molecule has 19 heteroatoms. The molecule has 0 saturated carbocycles. The molecule has 0 aromatic heterocycles. The van der Waals surface area contributed by atoms with Crippen molar-refractivity contribution in [1.82, 2.24) is 5.32 Å². The summed E-state index contributed by atoms with van der Waals surface area (Å²) in [5.41, 5.74) is 0. The van der Waals surface area contributed by atoms with E-state index in [2.05, 4.69) is 165 Å². The van der Waals surface area contributed by atoms with E-state index in [0.29, 0.717) is 12.8 Å². The Morgan fingerprint density at radius 2 is 0.686 bits per heavy atom. The lowest BCUT2D eigenvalue weighted by molar-refractivity contribution is -0.379. The molecule has 1 amide bonds. The van der Waals surface area contributed by atoms with Crippen LogP contribution in [0.15, 0.2) is 158 Å². The lowest BCUT2D eigenvalue weighted by Crippen LogP contribution is -2.66. The maximum Gasteiger partial charge on any atom is 0.220 e. The van der Waals surface area contributed by atoms with Crippen LogP contribution in [-0.2, 0) is 33.2 Å². The van der Waals surface area contributed by atoms with Gasteiger partial charge in [-0.05, 0) is 116 Å². The highest BCUT2D eigenvalue weighted by Crippen LogP contribution is 2.33. The molecule has 0 aliphatic carbocycles. The van der Waals surface area contributed by atoms with Gasteiger partial charge in [-0.15, -0.1) is 0 Å². The van der Waals surface area contributed by atoms with Crippen molar-refractivity contribution in [3.63, 3.8) is 0 Å². The van der Waals surface area contributed by atoms with Crippen LogP contribution in [0.25, 0.3) is 0 Å². The first kappa shape index (κ1) is 91.6. The van der Waals surface area contributed by atoms with Gasteiger partial charge in [0.1, 0.15) is 73.2 Å². The number of aliphatic hydroxyl groups is 11. The van der Waals surface area contributed by atoms with Crippen molar-refractivity contribution < 1.29 is 89.4 Å². The molecule has 3 aliphatic heterocycles. The molecule has 0 aromatic carbocycles. The highest BCUT2D eigenvalue weighted by atomic mass is 16.8.